The summed E-state index contributed by atoms with van der Waals surface area (Å²) < 4.78 is 2.12. The summed E-state index contributed by atoms with van der Waals surface area (Å²) in [5.41, 5.74) is 1.16. The van der Waals surface area contributed by atoms with Gasteiger partial charge in [-0.3, -0.25) is 0 Å². The van der Waals surface area contributed by atoms with Crippen LogP contribution in [0.2, 0.25) is 0 Å². The molecule has 0 aliphatic heterocycles. The topological polar surface area (TPSA) is 17.1 Å². The number of ketones is 1. The highest BCUT2D eigenvalue weighted by molar-refractivity contribution is 9.11. The zero-order chi connectivity index (χ0) is 9.84. The fourth-order valence-electron chi connectivity index (χ4n) is 1.07. The van der Waals surface area contributed by atoms with Gasteiger partial charge in [-0.25, -0.2) is 0 Å². The molecule has 0 atom stereocenters. The third-order valence-corrected chi connectivity index (χ3v) is 3.27. The fourth-order valence-corrected chi connectivity index (χ4v) is 2.47. The van der Waals surface area contributed by atoms with E-state index in [2.05, 4.69) is 31.9 Å². The second kappa shape index (κ2) is 4.91. The van der Waals surface area contributed by atoms with E-state index in [9.17, 15) is 4.79 Å². The van der Waals surface area contributed by atoms with Crippen molar-refractivity contribution < 1.29 is 4.79 Å². The smallest absolute Gasteiger partial charge is 0.130 e. The molecule has 0 spiro atoms. The number of carbonyl (C=O) groups excluding carboxylic acids is 1. The third kappa shape index (κ3) is 3.24. The predicted molar refractivity (Wildman–Crippen MR) is 60.8 cm³/mol. The second-order valence-electron chi connectivity index (χ2n) is 2.90. The summed E-state index contributed by atoms with van der Waals surface area (Å²) in [6.45, 7) is 1.62. The summed E-state index contributed by atoms with van der Waals surface area (Å²) >= 11 is 6.91. The minimum Gasteiger partial charge on any atom is -0.300 e. The van der Waals surface area contributed by atoms with Crippen molar-refractivity contribution in [1.29, 1.82) is 0 Å². The van der Waals surface area contributed by atoms with E-state index in [1.165, 1.54) is 0 Å². The van der Waals surface area contributed by atoms with Crippen LogP contribution in [0.3, 0.4) is 0 Å². The van der Waals surface area contributed by atoms with Crippen molar-refractivity contribution in [3.63, 3.8) is 0 Å². The molecule has 0 N–H and O–H groups in total. The Balaban J connectivity index is 2.81. The lowest BCUT2D eigenvalue weighted by Crippen LogP contribution is -1.95. The quantitative estimate of drug-likeness (QED) is 0.831. The van der Waals surface area contributed by atoms with Gasteiger partial charge >= 0.3 is 0 Å². The SMILES string of the molecule is CC(=O)CCc1c(Br)cccc1Br. The average Bonchev–Trinajstić information content (AvgIpc) is 2.03. The Hall–Kier alpha value is -0.150. The van der Waals surface area contributed by atoms with Crippen LogP contribution in [0, 0.1) is 0 Å². The molecule has 1 aromatic carbocycles. The molecule has 0 bridgehead atoms. The van der Waals surface area contributed by atoms with Crippen molar-refractivity contribution in [3.8, 4) is 0 Å². The van der Waals surface area contributed by atoms with Crippen molar-refractivity contribution in [2.45, 2.75) is 19.8 Å². The van der Waals surface area contributed by atoms with Crippen LogP contribution in [0.1, 0.15) is 18.9 Å². The third-order valence-electron chi connectivity index (χ3n) is 1.79. The van der Waals surface area contributed by atoms with E-state index in [-0.39, 0.29) is 5.78 Å². The summed E-state index contributed by atoms with van der Waals surface area (Å²) in [6, 6.07) is 5.94. The van der Waals surface area contributed by atoms with Gasteiger partial charge in [0.1, 0.15) is 5.78 Å². The van der Waals surface area contributed by atoms with Gasteiger partial charge in [-0.1, -0.05) is 37.9 Å². The molecule has 0 saturated carbocycles. The lowest BCUT2D eigenvalue weighted by Gasteiger charge is -2.05. The van der Waals surface area contributed by atoms with Crippen molar-refractivity contribution in [2.24, 2.45) is 0 Å². The van der Waals surface area contributed by atoms with E-state index in [1.54, 1.807) is 6.92 Å². The van der Waals surface area contributed by atoms with Crippen molar-refractivity contribution in [2.75, 3.05) is 0 Å². The molecule has 0 unspecified atom stereocenters. The normalized spacial score (nSPS) is 10.1. The van der Waals surface area contributed by atoms with Crippen LogP contribution in [0.15, 0.2) is 27.1 Å². The minimum absolute atomic E-state index is 0.225. The first-order chi connectivity index (χ1) is 6.11. The van der Waals surface area contributed by atoms with Crippen LogP contribution < -0.4 is 0 Å². The number of rotatable bonds is 3. The van der Waals surface area contributed by atoms with E-state index in [1.807, 2.05) is 18.2 Å². The molecule has 0 aliphatic rings. The second-order valence-corrected chi connectivity index (χ2v) is 4.61. The fraction of sp³-hybridized carbons (Fsp3) is 0.300. The molecule has 0 aliphatic carbocycles. The van der Waals surface area contributed by atoms with Gasteiger partial charge in [0.05, 0.1) is 0 Å². The highest BCUT2D eigenvalue weighted by Gasteiger charge is 2.05. The van der Waals surface area contributed by atoms with Crippen LogP contribution in [-0.2, 0) is 11.2 Å². The first kappa shape index (κ1) is 10.9. The van der Waals surface area contributed by atoms with Gasteiger partial charge in [-0.05, 0) is 31.0 Å². The summed E-state index contributed by atoms with van der Waals surface area (Å²) in [5, 5.41) is 0. The number of hydrogen-bond donors (Lipinski definition) is 0. The van der Waals surface area contributed by atoms with Gasteiger partial charge in [0, 0.05) is 15.4 Å². The molecule has 0 heterocycles. The monoisotopic (exact) mass is 304 g/mol. The van der Waals surface area contributed by atoms with Gasteiger partial charge in [-0.2, -0.15) is 0 Å². The van der Waals surface area contributed by atoms with Gasteiger partial charge in [0.25, 0.3) is 0 Å². The van der Waals surface area contributed by atoms with Gasteiger partial charge in [0.2, 0.25) is 0 Å². The molecule has 1 nitrogen and oxygen atoms in total. The minimum atomic E-state index is 0.225. The summed E-state index contributed by atoms with van der Waals surface area (Å²) in [6.07, 6.45) is 1.39. The number of hydrogen-bond acceptors (Lipinski definition) is 1. The first-order valence-corrected chi connectivity index (χ1v) is 5.62. The highest BCUT2D eigenvalue weighted by Crippen LogP contribution is 2.26. The molecule has 0 saturated heterocycles. The predicted octanol–water partition coefficient (Wildman–Crippen LogP) is 3.73. The largest absolute Gasteiger partial charge is 0.300 e. The van der Waals surface area contributed by atoms with Crippen molar-refractivity contribution in [3.05, 3.63) is 32.7 Å². The maximum atomic E-state index is 10.8. The molecular formula is C10H10Br2O. The average molecular weight is 306 g/mol. The van der Waals surface area contributed by atoms with E-state index in [4.69, 9.17) is 0 Å². The molecule has 0 amide bonds. The zero-order valence-electron chi connectivity index (χ0n) is 7.31. The Bertz CT molecular complexity index is 300. The molecule has 0 fully saturated rings. The van der Waals surface area contributed by atoms with Crippen LogP contribution in [0.4, 0.5) is 0 Å². The maximum Gasteiger partial charge on any atom is 0.130 e. The van der Waals surface area contributed by atoms with Gasteiger partial charge in [0.15, 0.2) is 0 Å². The Morgan fingerprint density at radius 2 is 1.85 bits per heavy atom. The van der Waals surface area contributed by atoms with Crippen molar-refractivity contribution >= 4 is 37.6 Å². The molecule has 0 aromatic heterocycles. The molecule has 3 heteroatoms. The van der Waals surface area contributed by atoms with Crippen LogP contribution >= 0.6 is 31.9 Å². The van der Waals surface area contributed by atoms with E-state index >= 15 is 0 Å². The van der Waals surface area contributed by atoms with Crippen molar-refractivity contribution in [1.82, 2.24) is 0 Å². The Kier molecular flexibility index (Phi) is 4.13. The molecular weight excluding hydrogens is 296 g/mol. The Morgan fingerprint density at radius 3 is 2.31 bits per heavy atom. The van der Waals surface area contributed by atoms with Gasteiger partial charge in [-0.15, -0.1) is 0 Å². The lowest BCUT2D eigenvalue weighted by molar-refractivity contribution is -0.116. The molecule has 1 aromatic rings. The number of carbonyl (C=O) groups is 1. The number of benzene rings is 1. The Morgan fingerprint density at radius 1 is 1.31 bits per heavy atom. The van der Waals surface area contributed by atoms with E-state index in [0.29, 0.717) is 6.42 Å². The standard InChI is InChI=1S/C10H10Br2O/c1-7(13)5-6-8-9(11)3-2-4-10(8)12/h2-4H,5-6H2,1H3. The summed E-state index contributed by atoms with van der Waals surface area (Å²) in [4.78, 5) is 10.8. The molecule has 13 heavy (non-hydrogen) atoms. The first-order valence-electron chi connectivity index (χ1n) is 4.03. The van der Waals surface area contributed by atoms with Crippen LogP contribution in [-0.4, -0.2) is 5.78 Å². The lowest BCUT2D eigenvalue weighted by atomic mass is 10.1. The molecule has 70 valence electrons. The van der Waals surface area contributed by atoms with E-state index < -0.39 is 0 Å². The van der Waals surface area contributed by atoms with Crippen LogP contribution in [0.25, 0.3) is 0 Å². The number of halogens is 2. The highest BCUT2D eigenvalue weighted by atomic mass is 79.9. The Labute approximate surface area is 94.8 Å². The molecule has 1 rings (SSSR count). The van der Waals surface area contributed by atoms with E-state index in [0.717, 1.165) is 20.9 Å². The summed E-state index contributed by atoms with van der Waals surface area (Å²) in [5.74, 6) is 0.225. The van der Waals surface area contributed by atoms with Crippen LogP contribution in [0.5, 0.6) is 0 Å². The van der Waals surface area contributed by atoms with Gasteiger partial charge < -0.3 is 4.79 Å². The number of Topliss-reactive ketones (excluding diaryl/α,β-unsaturated/α-hetero) is 1. The maximum absolute atomic E-state index is 10.8. The summed E-state index contributed by atoms with van der Waals surface area (Å²) in [7, 11) is 0. The zero-order valence-corrected chi connectivity index (χ0v) is 10.5. The molecule has 0 radical (unpaired) electrons.